The maximum Gasteiger partial charge on any atom is 0.255 e. The number of anilines is 1. The van der Waals surface area contributed by atoms with Crippen molar-refractivity contribution in [2.24, 2.45) is 0 Å². The maximum absolute atomic E-state index is 11.9. The Labute approximate surface area is 106 Å². The Morgan fingerprint density at radius 3 is 2.72 bits per heavy atom. The van der Waals surface area contributed by atoms with Gasteiger partial charge in [0.1, 0.15) is 0 Å². The van der Waals surface area contributed by atoms with Crippen LogP contribution < -0.4 is 10.6 Å². The lowest BCUT2D eigenvalue weighted by molar-refractivity contribution is 0.102. The summed E-state index contributed by atoms with van der Waals surface area (Å²) in [5, 5.41) is 5.94. The van der Waals surface area contributed by atoms with Crippen molar-refractivity contribution in [3.8, 4) is 0 Å². The average molecular weight is 241 g/mol. The van der Waals surface area contributed by atoms with Crippen molar-refractivity contribution < 1.29 is 4.79 Å². The van der Waals surface area contributed by atoms with Crippen molar-refractivity contribution in [1.82, 2.24) is 10.3 Å². The number of pyridine rings is 1. The number of amides is 1. The van der Waals surface area contributed by atoms with E-state index in [1.54, 1.807) is 24.5 Å². The van der Waals surface area contributed by atoms with Gasteiger partial charge in [0.2, 0.25) is 0 Å². The number of aromatic nitrogens is 1. The van der Waals surface area contributed by atoms with Crippen molar-refractivity contribution in [3.05, 3.63) is 59.9 Å². The van der Waals surface area contributed by atoms with E-state index in [0.717, 1.165) is 17.8 Å². The third-order valence-electron chi connectivity index (χ3n) is 2.51. The number of nitrogens with zero attached hydrogens (tertiary/aromatic N) is 1. The lowest BCUT2D eigenvalue weighted by Gasteiger charge is -2.07. The van der Waals surface area contributed by atoms with E-state index in [-0.39, 0.29) is 5.91 Å². The Morgan fingerprint density at radius 2 is 2.00 bits per heavy atom. The Balaban J connectivity index is 2.10. The molecule has 0 aliphatic heterocycles. The lowest BCUT2D eigenvalue weighted by atomic mass is 10.2. The molecule has 0 unspecified atom stereocenters. The number of carbonyl (C=O) groups excluding carboxylic acids is 1. The van der Waals surface area contributed by atoms with Gasteiger partial charge in [-0.15, -0.1) is 0 Å². The largest absolute Gasteiger partial charge is 0.322 e. The van der Waals surface area contributed by atoms with Gasteiger partial charge in [-0.1, -0.05) is 12.1 Å². The molecule has 1 heterocycles. The first-order chi connectivity index (χ1) is 8.79. The van der Waals surface area contributed by atoms with Gasteiger partial charge in [0, 0.05) is 30.2 Å². The minimum atomic E-state index is -0.126. The fraction of sp³-hybridized carbons (Fsp3) is 0.143. The van der Waals surface area contributed by atoms with E-state index in [0.29, 0.717) is 5.56 Å². The van der Waals surface area contributed by atoms with Gasteiger partial charge in [0.05, 0.1) is 0 Å². The first kappa shape index (κ1) is 12.3. The lowest BCUT2D eigenvalue weighted by Crippen LogP contribution is -2.12. The third-order valence-corrected chi connectivity index (χ3v) is 2.51. The summed E-state index contributed by atoms with van der Waals surface area (Å²) in [6.45, 7) is 0.777. The molecule has 2 aromatic rings. The van der Waals surface area contributed by atoms with E-state index in [4.69, 9.17) is 0 Å². The molecule has 1 amide bonds. The van der Waals surface area contributed by atoms with E-state index in [2.05, 4.69) is 15.6 Å². The van der Waals surface area contributed by atoms with Crippen molar-refractivity contribution in [2.45, 2.75) is 6.54 Å². The SMILES string of the molecule is CNCc1cccc(NC(=O)c2ccncc2)c1. The Kier molecular flexibility index (Phi) is 4.04. The molecule has 0 saturated heterocycles. The fourth-order valence-corrected chi connectivity index (χ4v) is 1.67. The van der Waals surface area contributed by atoms with Crippen molar-refractivity contribution in [1.29, 1.82) is 0 Å². The zero-order valence-electron chi connectivity index (χ0n) is 10.2. The highest BCUT2D eigenvalue weighted by Crippen LogP contribution is 2.12. The van der Waals surface area contributed by atoms with Gasteiger partial charge in [0.15, 0.2) is 0 Å². The van der Waals surface area contributed by atoms with Gasteiger partial charge < -0.3 is 10.6 Å². The van der Waals surface area contributed by atoms with E-state index in [1.165, 1.54) is 0 Å². The Bertz CT molecular complexity index is 526. The molecule has 0 fully saturated rings. The smallest absolute Gasteiger partial charge is 0.255 e. The Hall–Kier alpha value is -2.20. The van der Waals surface area contributed by atoms with Gasteiger partial charge in [-0.2, -0.15) is 0 Å². The van der Waals surface area contributed by atoms with Crippen LogP contribution in [0.2, 0.25) is 0 Å². The standard InChI is InChI=1S/C14H15N3O/c1-15-10-11-3-2-4-13(9-11)17-14(18)12-5-7-16-8-6-12/h2-9,15H,10H2,1H3,(H,17,18). The van der Waals surface area contributed by atoms with Gasteiger partial charge in [0.25, 0.3) is 5.91 Å². The maximum atomic E-state index is 11.9. The van der Waals surface area contributed by atoms with Crippen LogP contribution in [-0.4, -0.2) is 17.9 Å². The molecule has 0 aliphatic carbocycles. The summed E-state index contributed by atoms with van der Waals surface area (Å²) >= 11 is 0. The highest BCUT2D eigenvalue weighted by Gasteiger charge is 2.05. The highest BCUT2D eigenvalue weighted by atomic mass is 16.1. The van der Waals surface area contributed by atoms with E-state index < -0.39 is 0 Å². The fourth-order valence-electron chi connectivity index (χ4n) is 1.67. The predicted molar refractivity (Wildman–Crippen MR) is 71.4 cm³/mol. The molecule has 2 rings (SSSR count). The van der Waals surface area contributed by atoms with Crippen LogP contribution in [0.4, 0.5) is 5.69 Å². The molecule has 4 heteroatoms. The van der Waals surface area contributed by atoms with E-state index in [9.17, 15) is 4.79 Å². The summed E-state index contributed by atoms with van der Waals surface area (Å²) in [4.78, 5) is 15.8. The predicted octanol–water partition coefficient (Wildman–Crippen LogP) is 2.05. The molecule has 0 radical (unpaired) electrons. The number of hydrogen-bond donors (Lipinski definition) is 2. The molecule has 0 spiro atoms. The van der Waals surface area contributed by atoms with Gasteiger partial charge in [-0.3, -0.25) is 9.78 Å². The summed E-state index contributed by atoms with van der Waals surface area (Å²) in [5.74, 6) is -0.126. The van der Waals surface area contributed by atoms with Crippen molar-refractivity contribution >= 4 is 11.6 Å². The number of nitrogens with one attached hydrogen (secondary N) is 2. The van der Waals surface area contributed by atoms with Crippen LogP contribution in [0.5, 0.6) is 0 Å². The molecule has 4 nitrogen and oxygen atoms in total. The average Bonchev–Trinajstić information content (AvgIpc) is 2.40. The summed E-state index contributed by atoms with van der Waals surface area (Å²) in [6, 6.07) is 11.1. The topological polar surface area (TPSA) is 54.0 Å². The molecule has 0 saturated carbocycles. The quantitative estimate of drug-likeness (QED) is 0.861. The summed E-state index contributed by atoms with van der Waals surface area (Å²) < 4.78 is 0. The molecule has 1 aromatic heterocycles. The molecule has 0 aliphatic rings. The van der Waals surface area contributed by atoms with E-state index in [1.807, 2.05) is 31.3 Å². The van der Waals surface area contributed by atoms with Gasteiger partial charge >= 0.3 is 0 Å². The van der Waals surface area contributed by atoms with E-state index >= 15 is 0 Å². The Morgan fingerprint density at radius 1 is 1.22 bits per heavy atom. The number of benzene rings is 1. The molecule has 92 valence electrons. The van der Waals surface area contributed by atoms with Gasteiger partial charge in [-0.05, 0) is 36.9 Å². The number of hydrogen-bond acceptors (Lipinski definition) is 3. The first-order valence-electron chi connectivity index (χ1n) is 5.74. The van der Waals surface area contributed by atoms with Crippen molar-refractivity contribution in [2.75, 3.05) is 12.4 Å². The number of rotatable bonds is 4. The van der Waals surface area contributed by atoms with Gasteiger partial charge in [-0.25, -0.2) is 0 Å². The molecular formula is C14H15N3O. The molecule has 0 bridgehead atoms. The minimum Gasteiger partial charge on any atom is -0.322 e. The van der Waals surface area contributed by atoms with Crippen molar-refractivity contribution in [3.63, 3.8) is 0 Å². The third kappa shape index (κ3) is 3.15. The summed E-state index contributed by atoms with van der Waals surface area (Å²) in [6.07, 6.45) is 3.21. The van der Waals surface area contributed by atoms with Crippen LogP contribution in [0.1, 0.15) is 15.9 Å². The second kappa shape index (κ2) is 5.93. The molecule has 18 heavy (non-hydrogen) atoms. The number of carbonyl (C=O) groups is 1. The summed E-state index contributed by atoms with van der Waals surface area (Å²) in [7, 11) is 1.89. The molecule has 1 aromatic carbocycles. The normalized spacial score (nSPS) is 10.1. The first-order valence-corrected chi connectivity index (χ1v) is 5.74. The zero-order chi connectivity index (χ0) is 12.8. The summed E-state index contributed by atoms with van der Waals surface area (Å²) in [5.41, 5.74) is 2.53. The van der Waals surface area contributed by atoms with Crippen LogP contribution in [0.25, 0.3) is 0 Å². The minimum absolute atomic E-state index is 0.126. The molecule has 2 N–H and O–H groups in total. The van der Waals surface area contributed by atoms with Crippen LogP contribution >= 0.6 is 0 Å². The van der Waals surface area contributed by atoms with Crippen LogP contribution in [0.3, 0.4) is 0 Å². The second-order valence-corrected chi connectivity index (χ2v) is 3.92. The van der Waals surface area contributed by atoms with Crippen LogP contribution in [0.15, 0.2) is 48.8 Å². The monoisotopic (exact) mass is 241 g/mol. The van der Waals surface area contributed by atoms with Crippen LogP contribution in [0, 0.1) is 0 Å². The second-order valence-electron chi connectivity index (χ2n) is 3.92. The van der Waals surface area contributed by atoms with Crippen LogP contribution in [-0.2, 0) is 6.54 Å². The molecular weight excluding hydrogens is 226 g/mol. The molecule has 0 atom stereocenters. The highest BCUT2D eigenvalue weighted by molar-refractivity contribution is 6.04. The zero-order valence-corrected chi connectivity index (χ0v) is 10.2.